The second-order valence-electron chi connectivity index (χ2n) is 9.81. The first-order chi connectivity index (χ1) is 15.8. The van der Waals surface area contributed by atoms with Gasteiger partial charge in [0.1, 0.15) is 5.82 Å². The molecule has 2 aromatic carbocycles. The van der Waals surface area contributed by atoms with Crippen molar-refractivity contribution in [2.75, 3.05) is 5.75 Å². The number of fused-ring (bicyclic) bond motifs is 3. The van der Waals surface area contributed by atoms with Crippen molar-refractivity contribution in [1.82, 2.24) is 5.32 Å². The lowest BCUT2D eigenvalue weighted by Gasteiger charge is -2.52. The Morgan fingerprint density at radius 1 is 0.941 bits per heavy atom. The summed E-state index contributed by atoms with van der Waals surface area (Å²) in [4.78, 5) is 13.0. The van der Waals surface area contributed by atoms with Crippen molar-refractivity contribution < 1.29 is 30.8 Å². The number of sulfone groups is 1. The highest BCUT2D eigenvalue weighted by Crippen LogP contribution is 2.57. The van der Waals surface area contributed by atoms with Gasteiger partial charge in [-0.2, -0.15) is 13.2 Å². The maximum Gasteiger partial charge on any atom is 0.416 e. The summed E-state index contributed by atoms with van der Waals surface area (Å²) in [5.74, 6) is -0.541. The Morgan fingerprint density at radius 3 is 1.97 bits per heavy atom. The summed E-state index contributed by atoms with van der Waals surface area (Å²) in [6.07, 6.45) is -1.10. The molecule has 184 valence electrons. The van der Waals surface area contributed by atoms with E-state index in [-0.39, 0.29) is 28.4 Å². The molecule has 3 aliphatic carbocycles. The molecule has 0 aromatic heterocycles. The van der Waals surface area contributed by atoms with Crippen LogP contribution in [0, 0.1) is 16.6 Å². The Kier molecular flexibility index (Phi) is 6.29. The zero-order valence-corrected chi connectivity index (χ0v) is 19.6. The lowest BCUT2D eigenvalue weighted by atomic mass is 9.54. The summed E-state index contributed by atoms with van der Waals surface area (Å²) in [6.45, 7) is 1.84. The van der Waals surface area contributed by atoms with Gasteiger partial charge in [0.2, 0.25) is 5.91 Å². The first-order valence-electron chi connectivity index (χ1n) is 11.3. The van der Waals surface area contributed by atoms with Crippen molar-refractivity contribution in [2.45, 2.75) is 62.6 Å². The van der Waals surface area contributed by atoms with Crippen molar-refractivity contribution in [1.29, 1.82) is 0 Å². The molecule has 3 aliphatic rings. The van der Waals surface area contributed by atoms with Crippen LogP contribution in [0.5, 0.6) is 0 Å². The van der Waals surface area contributed by atoms with Crippen LogP contribution in [0.2, 0.25) is 0 Å². The average Bonchev–Trinajstić information content (AvgIpc) is 2.79. The van der Waals surface area contributed by atoms with E-state index in [1.54, 1.807) is 12.1 Å². The normalized spacial score (nSPS) is 25.7. The molecular weight excluding hydrogens is 470 g/mol. The van der Waals surface area contributed by atoms with Gasteiger partial charge in [-0.1, -0.05) is 12.1 Å². The van der Waals surface area contributed by atoms with E-state index in [9.17, 15) is 30.8 Å². The Labute approximate surface area is 196 Å². The van der Waals surface area contributed by atoms with E-state index >= 15 is 0 Å². The summed E-state index contributed by atoms with van der Waals surface area (Å²) in [5, 5.41) is 3.03. The van der Waals surface area contributed by atoms with Gasteiger partial charge in [-0.3, -0.25) is 4.79 Å². The van der Waals surface area contributed by atoms with E-state index in [1.165, 1.54) is 12.1 Å². The largest absolute Gasteiger partial charge is 0.416 e. The summed E-state index contributed by atoms with van der Waals surface area (Å²) in [7, 11) is -3.77. The van der Waals surface area contributed by atoms with Gasteiger partial charge >= 0.3 is 6.18 Å². The number of halogens is 4. The number of benzene rings is 2. The van der Waals surface area contributed by atoms with Crippen LogP contribution in [0.1, 0.15) is 62.6 Å². The van der Waals surface area contributed by atoms with Crippen molar-refractivity contribution in [2.24, 2.45) is 10.8 Å². The number of alkyl halides is 3. The summed E-state index contributed by atoms with van der Waals surface area (Å²) < 4.78 is 77.6. The number of hydrogen-bond donors (Lipinski definition) is 1. The minimum absolute atomic E-state index is 0.0665. The standard InChI is InChI=1S/C25H27F4NO3S/c1-17(18-2-6-20(26)7-3-18)30-22(31)24-13-10-23(11-14-24,12-15-24)16-34(32,33)21-8-4-19(5-9-21)25(27,28)29/h2-9,17H,10-16H2,1H3,(H,30,31)/t17-,23?,24?/m1/s1. The van der Waals surface area contributed by atoms with E-state index in [4.69, 9.17) is 0 Å². The van der Waals surface area contributed by atoms with Crippen LogP contribution in [-0.4, -0.2) is 20.1 Å². The number of amides is 1. The van der Waals surface area contributed by atoms with Crippen LogP contribution in [-0.2, 0) is 20.8 Å². The van der Waals surface area contributed by atoms with Crippen LogP contribution < -0.4 is 5.32 Å². The van der Waals surface area contributed by atoms with Crippen molar-refractivity contribution in [3.05, 3.63) is 65.5 Å². The Balaban J connectivity index is 1.41. The molecule has 2 bridgehead atoms. The third kappa shape index (κ3) is 4.85. The number of rotatable bonds is 6. The number of carbonyl (C=O) groups is 1. The third-order valence-corrected chi connectivity index (χ3v) is 9.62. The van der Waals surface area contributed by atoms with Crippen LogP contribution in [0.25, 0.3) is 0 Å². The maximum atomic E-state index is 13.2. The minimum atomic E-state index is -4.52. The SMILES string of the molecule is C[C@@H](NC(=O)C12CCC(CS(=O)(=O)c3ccc(C(F)(F)F)cc3)(CC1)CC2)c1ccc(F)cc1. The first kappa shape index (κ1) is 24.7. The molecule has 0 heterocycles. The minimum Gasteiger partial charge on any atom is -0.349 e. The molecule has 9 heteroatoms. The number of hydrogen-bond acceptors (Lipinski definition) is 3. The average molecular weight is 498 g/mol. The van der Waals surface area contributed by atoms with Gasteiger partial charge in [0.25, 0.3) is 0 Å². The number of carbonyl (C=O) groups excluding carboxylic acids is 1. The molecule has 4 nitrogen and oxygen atoms in total. The lowest BCUT2D eigenvalue weighted by Crippen LogP contribution is -2.52. The van der Waals surface area contributed by atoms with Gasteiger partial charge in [0.15, 0.2) is 9.84 Å². The molecule has 34 heavy (non-hydrogen) atoms. The fraction of sp³-hybridized carbons (Fsp3) is 0.480. The van der Waals surface area contributed by atoms with Gasteiger partial charge in [-0.15, -0.1) is 0 Å². The van der Waals surface area contributed by atoms with Gasteiger partial charge in [-0.05, 0) is 92.8 Å². The summed E-state index contributed by atoms with van der Waals surface area (Å²) in [5.41, 5.74) is -1.10. The zero-order valence-electron chi connectivity index (χ0n) is 18.8. The summed E-state index contributed by atoms with van der Waals surface area (Å²) in [6, 6.07) is 9.33. The first-order valence-corrected chi connectivity index (χ1v) is 13.0. The van der Waals surface area contributed by atoms with Crippen molar-refractivity contribution in [3.8, 4) is 0 Å². The molecule has 0 unspecified atom stereocenters. The molecule has 0 saturated heterocycles. The van der Waals surface area contributed by atoms with E-state index in [0.29, 0.717) is 38.5 Å². The predicted octanol–water partition coefficient (Wildman–Crippen LogP) is 5.84. The topological polar surface area (TPSA) is 63.2 Å². The summed E-state index contributed by atoms with van der Waals surface area (Å²) >= 11 is 0. The monoisotopic (exact) mass is 497 g/mol. The second-order valence-corrected chi connectivity index (χ2v) is 11.8. The third-order valence-electron chi connectivity index (χ3n) is 7.64. The van der Waals surface area contributed by atoms with E-state index in [1.807, 2.05) is 6.92 Å². The zero-order chi connectivity index (χ0) is 24.8. The van der Waals surface area contributed by atoms with Gasteiger partial charge in [0, 0.05) is 5.41 Å². The molecule has 3 fully saturated rings. The molecule has 3 saturated carbocycles. The fourth-order valence-corrected chi connectivity index (χ4v) is 7.30. The fourth-order valence-electron chi connectivity index (χ4n) is 5.34. The Hall–Kier alpha value is -2.42. The highest BCUT2D eigenvalue weighted by atomic mass is 32.2. The molecule has 0 aliphatic heterocycles. The molecule has 1 amide bonds. The van der Waals surface area contributed by atoms with Gasteiger partial charge < -0.3 is 5.32 Å². The molecule has 2 aromatic rings. The van der Waals surface area contributed by atoms with Crippen LogP contribution in [0.4, 0.5) is 17.6 Å². The molecule has 5 rings (SSSR count). The van der Waals surface area contributed by atoms with E-state index in [0.717, 1.165) is 29.8 Å². The molecule has 1 N–H and O–H groups in total. The highest BCUT2D eigenvalue weighted by molar-refractivity contribution is 7.91. The molecule has 0 spiro atoms. The predicted molar refractivity (Wildman–Crippen MR) is 119 cm³/mol. The lowest BCUT2D eigenvalue weighted by molar-refractivity contribution is -0.140. The van der Waals surface area contributed by atoms with E-state index < -0.39 is 32.4 Å². The molecule has 1 atom stereocenters. The maximum absolute atomic E-state index is 13.2. The van der Waals surface area contributed by atoms with Crippen LogP contribution in [0.15, 0.2) is 53.4 Å². The van der Waals surface area contributed by atoms with Crippen LogP contribution >= 0.6 is 0 Å². The van der Waals surface area contributed by atoms with Gasteiger partial charge in [-0.25, -0.2) is 12.8 Å². The van der Waals surface area contributed by atoms with Crippen LogP contribution in [0.3, 0.4) is 0 Å². The smallest absolute Gasteiger partial charge is 0.349 e. The van der Waals surface area contributed by atoms with Crippen molar-refractivity contribution >= 4 is 15.7 Å². The molecule has 0 radical (unpaired) electrons. The highest BCUT2D eigenvalue weighted by Gasteiger charge is 2.53. The van der Waals surface area contributed by atoms with E-state index in [2.05, 4.69) is 5.32 Å². The Bertz CT molecular complexity index is 1130. The van der Waals surface area contributed by atoms with Crippen molar-refractivity contribution in [3.63, 3.8) is 0 Å². The quantitative estimate of drug-likeness (QED) is 0.511. The van der Waals surface area contributed by atoms with Gasteiger partial charge in [0.05, 0.1) is 22.3 Å². The Morgan fingerprint density at radius 2 is 1.47 bits per heavy atom. The number of nitrogens with one attached hydrogen (secondary N) is 1. The molecular formula is C25H27F4NO3S. The second kappa shape index (κ2) is 8.66.